The van der Waals surface area contributed by atoms with E-state index >= 15 is 0 Å². The minimum Gasteiger partial charge on any atom is -0.356 e. The van der Waals surface area contributed by atoms with E-state index in [0.717, 1.165) is 30.3 Å². The highest BCUT2D eigenvalue weighted by molar-refractivity contribution is 7.92. The Morgan fingerprint density at radius 3 is 2.31 bits per heavy atom. The third-order valence-electron chi connectivity index (χ3n) is 5.48. The minimum atomic E-state index is -3.75. The number of piperidine rings is 1. The zero-order valence-corrected chi connectivity index (χ0v) is 19.5. The molecule has 0 unspecified atom stereocenters. The smallest absolute Gasteiger partial charge is 0.280 e. The van der Waals surface area contributed by atoms with Gasteiger partial charge in [0.25, 0.3) is 10.0 Å². The molecular formula is C22H29N7O2S. The molecule has 0 radical (unpaired) electrons. The Balaban J connectivity index is 1.46. The van der Waals surface area contributed by atoms with Crippen LogP contribution in [0.4, 0.5) is 23.1 Å². The summed E-state index contributed by atoms with van der Waals surface area (Å²) in [5.74, 6) is 2.12. The van der Waals surface area contributed by atoms with Crippen molar-refractivity contribution in [1.29, 1.82) is 0 Å². The van der Waals surface area contributed by atoms with E-state index in [9.17, 15) is 8.42 Å². The van der Waals surface area contributed by atoms with Crippen molar-refractivity contribution in [3.8, 4) is 0 Å². The molecule has 1 aromatic carbocycles. The first-order chi connectivity index (χ1) is 15.3. The first kappa shape index (κ1) is 22.1. The van der Waals surface area contributed by atoms with Crippen molar-refractivity contribution in [2.24, 2.45) is 0 Å². The van der Waals surface area contributed by atoms with Crippen LogP contribution in [0.15, 0.2) is 41.6 Å². The zero-order chi connectivity index (χ0) is 22.7. The van der Waals surface area contributed by atoms with Crippen molar-refractivity contribution in [2.45, 2.75) is 51.6 Å². The van der Waals surface area contributed by atoms with Gasteiger partial charge in [0.2, 0.25) is 5.95 Å². The predicted molar refractivity (Wildman–Crippen MR) is 126 cm³/mol. The Labute approximate surface area is 189 Å². The molecular weight excluding hydrogens is 426 g/mol. The summed E-state index contributed by atoms with van der Waals surface area (Å²) >= 11 is 0. The highest BCUT2D eigenvalue weighted by Gasteiger charge is 2.19. The number of benzene rings is 1. The van der Waals surface area contributed by atoms with E-state index in [4.69, 9.17) is 0 Å². The molecule has 32 heavy (non-hydrogen) atoms. The number of sulfonamides is 1. The summed E-state index contributed by atoms with van der Waals surface area (Å²) in [5, 5.41) is 3.23. The van der Waals surface area contributed by atoms with Crippen molar-refractivity contribution in [2.75, 3.05) is 28.0 Å². The number of anilines is 4. The van der Waals surface area contributed by atoms with E-state index in [-0.39, 0.29) is 5.03 Å². The summed E-state index contributed by atoms with van der Waals surface area (Å²) in [7, 11) is -3.75. The number of hydrogen-bond donors (Lipinski definition) is 2. The van der Waals surface area contributed by atoms with E-state index in [1.54, 1.807) is 42.0 Å². The molecule has 2 aromatic heterocycles. The van der Waals surface area contributed by atoms with Crippen molar-refractivity contribution >= 4 is 33.2 Å². The molecule has 0 atom stereocenters. The summed E-state index contributed by atoms with van der Waals surface area (Å²) in [6.45, 7) is 8.38. The molecule has 2 N–H and O–H groups in total. The van der Waals surface area contributed by atoms with Gasteiger partial charge in [0.05, 0.1) is 0 Å². The number of nitrogens with one attached hydrogen (secondary N) is 2. The number of imidazole rings is 1. The Morgan fingerprint density at radius 1 is 0.969 bits per heavy atom. The quantitative estimate of drug-likeness (QED) is 0.557. The van der Waals surface area contributed by atoms with Crippen LogP contribution in [0, 0.1) is 13.8 Å². The second kappa shape index (κ2) is 9.15. The monoisotopic (exact) mass is 455 g/mol. The lowest BCUT2D eigenvalue weighted by Crippen LogP contribution is -2.30. The molecule has 0 bridgehead atoms. The van der Waals surface area contributed by atoms with Gasteiger partial charge in [0.15, 0.2) is 5.03 Å². The largest absolute Gasteiger partial charge is 0.356 e. The summed E-state index contributed by atoms with van der Waals surface area (Å²) in [4.78, 5) is 15.6. The van der Waals surface area contributed by atoms with Crippen molar-refractivity contribution < 1.29 is 8.42 Å². The molecule has 0 amide bonds. The average molecular weight is 456 g/mol. The van der Waals surface area contributed by atoms with E-state index in [2.05, 4.69) is 29.9 Å². The van der Waals surface area contributed by atoms with Crippen molar-refractivity contribution in [3.63, 3.8) is 0 Å². The third-order valence-corrected chi connectivity index (χ3v) is 6.74. The highest BCUT2D eigenvalue weighted by atomic mass is 32.2. The van der Waals surface area contributed by atoms with Gasteiger partial charge in [-0.25, -0.2) is 9.97 Å². The molecule has 1 aliphatic rings. The summed E-state index contributed by atoms with van der Waals surface area (Å²) < 4.78 is 29.7. The van der Waals surface area contributed by atoms with Crippen LogP contribution in [0.2, 0.25) is 0 Å². The Hall–Kier alpha value is -3.14. The maximum Gasteiger partial charge on any atom is 0.280 e. The second-order valence-electron chi connectivity index (χ2n) is 7.96. The number of rotatable bonds is 7. The molecule has 3 aromatic rings. The van der Waals surface area contributed by atoms with E-state index in [1.165, 1.54) is 19.3 Å². The fraction of sp³-hybridized carbons (Fsp3) is 0.409. The molecule has 1 aliphatic heterocycles. The first-order valence-corrected chi connectivity index (χ1v) is 12.4. The van der Waals surface area contributed by atoms with Crippen LogP contribution in [0.3, 0.4) is 0 Å². The number of nitrogens with zero attached hydrogens (tertiary/aromatic N) is 5. The van der Waals surface area contributed by atoms with Gasteiger partial charge >= 0.3 is 0 Å². The van der Waals surface area contributed by atoms with Crippen LogP contribution in [0.1, 0.15) is 37.7 Å². The van der Waals surface area contributed by atoms with Gasteiger partial charge < -0.3 is 14.8 Å². The molecule has 0 aliphatic carbocycles. The van der Waals surface area contributed by atoms with Gasteiger partial charge in [0, 0.05) is 49.0 Å². The van der Waals surface area contributed by atoms with Gasteiger partial charge in [-0.1, -0.05) is 0 Å². The predicted octanol–water partition coefficient (Wildman–Crippen LogP) is 3.84. The van der Waals surface area contributed by atoms with Gasteiger partial charge in [0.1, 0.15) is 11.6 Å². The number of aromatic nitrogens is 4. The fourth-order valence-corrected chi connectivity index (χ4v) is 4.85. The van der Waals surface area contributed by atoms with Gasteiger partial charge in [-0.3, -0.25) is 4.72 Å². The molecule has 0 spiro atoms. The van der Waals surface area contributed by atoms with Crippen molar-refractivity contribution in [1.82, 2.24) is 19.5 Å². The van der Waals surface area contributed by atoms with Gasteiger partial charge in [-0.05, 0) is 64.3 Å². The maximum atomic E-state index is 12.7. The Kier molecular flexibility index (Phi) is 6.31. The highest BCUT2D eigenvalue weighted by Crippen LogP contribution is 2.23. The molecule has 1 fully saturated rings. The van der Waals surface area contributed by atoms with Crippen molar-refractivity contribution in [3.05, 3.63) is 48.0 Å². The van der Waals surface area contributed by atoms with E-state index in [1.807, 2.05) is 19.9 Å². The van der Waals surface area contributed by atoms with Gasteiger partial charge in [-0.2, -0.15) is 13.4 Å². The molecule has 0 saturated carbocycles. The Bertz CT molecular complexity index is 1180. The third kappa shape index (κ3) is 5.01. The Morgan fingerprint density at radius 2 is 1.66 bits per heavy atom. The van der Waals surface area contributed by atoms with Crippen LogP contribution < -0.4 is 14.9 Å². The lowest BCUT2D eigenvalue weighted by Gasteiger charge is -2.28. The molecule has 10 heteroatoms. The number of hydrogen-bond acceptors (Lipinski definition) is 7. The van der Waals surface area contributed by atoms with Gasteiger partial charge in [-0.15, -0.1) is 0 Å². The molecule has 170 valence electrons. The number of aryl methyl sites for hydroxylation is 3. The standard InChI is InChI=1S/C22H29N7O2S/c1-4-28-15-21(24-17(28)3)32(30,31)27-19-10-8-18(9-11-19)25-22-23-16(2)14-20(26-22)29-12-6-5-7-13-29/h8-11,14-15,27H,4-7,12-13H2,1-3H3,(H,23,25,26). The summed E-state index contributed by atoms with van der Waals surface area (Å²) in [5.41, 5.74) is 2.13. The SMILES string of the molecule is CCn1cc(S(=O)(=O)Nc2ccc(Nc3nc(C)cc(N4CCCCC4)n3)cc2)nc1C. The minimum absolute atomic E-state index is 0.0115. The van der Waals surface area contributed by atoms with Crippen LogP contribution in [-0.4, -0.2) is 41.0 Å². The average Bonchev–Trinajstić information content (AvgIpc) is 3.17. The molecule has 4 rings (SSSR count). The zero-order valence-electron chi connectivity index (χ0n) is 18.7. The molecule has 9 nitrogen and oxygen atoms in total. The lowest BCUT2D eigenvalue weighted by atomic mass is 10.1. The lowest BCUT2D eigenvalue weighted by molar-refractivity contribution is 0.573. The van der Waals surface area contributed by atoms with Crippen LogP contribution in [0.5, 0.6) is 0 Å². The van der Waals surface area contributed by atoms with Crippen LogP contribution in [0.25, 0.3) is 0 Å². The first-order valence-electron chi connectivity index (χ1n) is 10.9. The summed E-state index contributed by atoms with van der Waals surface area (Å²) in [6, 6.07) is 8.99. The van der Waals surface area contributed by atoms with Crippen LogP contribution >= 0.6 is 0 Å². The topological polar surface area (TPSA) is 105 Å². The molecule has 3 heterocycles. The van der Waals surface area contributed by atoms with Crippen LogP contribution in [-0.2, 0) is 16.6 Å². The second-order valence-corrected chi connectivity index (χ2v) is 9.59. The normalized spacial score (nSPS) is 14.4. The summed E-state index contributed by atoms with van der Waals surface area (Å²) in [6.07, 6.45) is 5.17. The van der Waals surface area contributed by atoms with E-state index < -0.39 is 10.0 Å². The fourth-order valence-electron chi connectivity index (χ4n) is 3.78. The maximum absolute atomic E-state index is 12.7. The molecule has 1 saturated heterocycles. The van der Waals surface area contributed by atoms with E-state index in [0.29, 0.717) is 24.0 Å².